The molecule has 0 fully saturated rings. The van der Waals surface area contributed by atoms with Crippen molar-refractivity contribution in [2.75, 3.05) is 7.11 Å². The van der Waals surface area contributed by atoms with Crippen LogP contribution in [0.3, 0.4) is 0 Å². The smallest absolute Gasteiger partial charge is 0.333 e. The van der Waals surface area contributed by atoms with E-state index in [1.54, 1.807) is 18.2 Å². The second kappa shape index (κ2) is 4.90. The number of hydrogen-bond acceptors (Lipinski definition) is 3. The first-order valence-corrected chi connectivity index (χ1v) is 6.19. The third kappa shape index (κ3) is 2.20. The second-order valence-corrected chi connectivity index (χ2v) is 4.46. The lowest BCUT2D eigenvalue weighted by Crippen LogP contribution is -2.33. The van der Waals surface area contributed by atoms with Crippen molar-refractivity contribution in [2.24, 2.45) is 0 Å². The van der Waals surface area contributed by atoms with Gasteiger partial charge in [-0.15, -0.1) is 0 Å². The average molecular weight is 286 g/mol. The number of ether oxygens (including phenoxy) is 1. The van der Waals surface area contributed by atoms with Crippen LogP contribution in [0.5, 0.6) is 5.75 Å². The first-order valence-electron chi connectivity index (χ1n) is 6.19. The summed E-state index contributed by atoms with van der Waals surface area (Å²) < 4.78 is 19.0. The fourth-order valence-electron chi connectivity index (χ4n) is 2.15. The summed E-state index contributed by atoms with van der Waals surface area (Å²) in [7, 11) is 1.50. The van der Waals surface area contributed by atoms with Crippen molar-refractivity contribution in [2.45, 2.75) is 0 Å². The van der Waals surface area contributed by atoms with E-state index in [2.05, 4.69) is 4.98 Å². The minimum atomic E-state index is -0.590. The van der Waals surface area contributed by atoms with Gasteiger partial charge in [0.05, 0.1) is 23.7 Å². The maximum Gasteiger partial charge on any atom is 0.333 e. The van der Waals surface area contributed by atoms with E-state index in [1.165, 1.54) is 31.4 Å². The summed E-state index contributed by atoms with van der Waals surface area (Å²) >= 11 is 0. The van der Waals surface area contributed by atoms with E-state index < -0.39 is 17.1 Å². The molecule has 21 heavy (non-hydrogen) atoms. The first-order chi connectivity index (χ1) is 10.1. The monoisotopic (exact) mass is 286 g/mol. The minimum absolute atomic E-state index is 0.306. The van der Waals surface area contributed by atoms with Crippen LogP contribution in [-0.4, -0.2) is 16.7 Å². The van der Waals surface area contributed by atoms with Gasteiger partial charge in [0.15, 0.2) is 0 Å². The lowest BCUT2D eigenvalue weighted by molar-refractivity contribution is 0.415. The zero-order valence-corrected chi connectivity index (χ0v) is 11.1. The Labute approximate surface area is 118 Å². The third-order valence-electron chi connectivity index (χ3n) is 3.19. The molecule has 1 aromatic heterocycles. The molecule has 0 atom stereocenters. The summed E-state index contributed by atoms with van der Waals surface area (Å²) in [5.41, 5.74) is -0.363. The van der Waals surface area contributed by atoms with Gasteiger partial charge >= 0.3 is 5.69 Å². The number of aromatic nitrogens is 2. The van der Waals surface area contributed by atoms with Crippen molar-refractivity contribution in [3.8, 4) is 11.4 Å². The molecule has 0 unspecified atom stereocenters. The lowest BCUT2D eigenvalue weighted by Gasteiger charge is -2.07. The number of benzene rings is 2. The molecular formula is C15H11FN2O3. The molecule has 0 aliphatic rings. The van der Waals surface area contributed by atoms with Crippen molar-refractivity contribution >= 4 is 10.9 Å². The fourth-order valence-corrected chi connectivity index (χ4v) is 2.15. The quantitative estimate of drug-likeness (QED) is 0.781. The number of nitrogens with zero attached hydrogens (tertiary/aromatic N) is 1. The van der Waals surface area contributed by atoms with Crippen LogP contribution >= 0.6 is 0 Å². The van der Waals surface area contributed by atoms with E-state index in [9.17, 15) is 14.0 Å². The van der Waals surface area contributed by atoms with Crippen LogP contribution in [0.15, 0.2) is 52.1 Å². The molecule has 0 aliphatic carbocycles. The normalized spacial score (nSPS) is 10.8. The van der Waals surface area contributed by atoms with Crippen molar-refractivity contribution in [3.63, 3.8) is 0 Å². The standard InChI is InChI=1S/C15H11FN2O3/c1-21-11-6-7-12-13(8-11)17-15(20)18(14(12)19)10-4-2-9(16)3-5-10/h2-8H,1H3,(H,17,20). The van der Waals surface area contributed by atoms with E-state index in [-0.39, 0.29) is 0 Å². The van der Waals surface area contributed by atoms with E-state index in [0.29, 0.717) is 22.3 Å². The van der Waals surface area contributed by atoms with Gasteiger partial charge in [-0.3, -0.25) is 4.79 Å². The molecule has 3 rings (SSSR count). The highest BCUT2D eigenvalue weighted by atomic mass is 19.1. The second-order valence-electron chi connectivity index (χ2n) is 4.46. The molecule has 1 N–H and O–H groups in total. The van der Waals surface area contributed by atoms with Crippen LogP contribution in [0.1, 0.15) is 0 Å². The Balaban J connectivity index is 2.32. The molecule has 3 aromatic rings. The van der Waals surface area contributed by atoms with Crippen molar-refractivity contribution in [3.05, 3.63) is 69.1 Å². The van der Waals surface area contributed by atoms with Crippen molar-refractivity contribution < 1.29 is 9.13 Å². The zero-order valence-electron chi connectivity index (χ0n) is 11.1. The topological polar surface area (TPSA) is 64.1 Å². The highest BCUT2D eigenvalue weighted by Gasteiger charge is 2.10. The van der Waals surface area contributed by atoms with E-state index in [1.807, 2.05) is 0 Å². The molecule has 0 spiro atoms. The van der Waals surface area contributed by atoms with Gasteiger partial charge in [-0.1, -0.05) is 0 Å². The summed E-state index contributed by atoms with van der Waals surface area (Å²) in [5.74, 6) is 0.103. The third-order valence-corrected chi connectivity index (χ3v) is 3.19. The Kier molecular flexibility index (Phi) is 3.06. The Morgan fingerprint density at radius 2 is 1.81 bits per heavy atom. The van der Waals surface area contributed by atoms with Crippen LogP contribution in [0.2, 0.25) is 0 Å². The predicted molar refractivity (Wildman–Crippen MR) is 76.7 cm³/mol. The van der Waals surface area contributed by atoms with E-state index in [0.717, 1.165) is 4.57 Å². The molecule has 0 saturated heterocycles. The average Bonchev–Trinajstić information content (AvgIpc) is 2.48. The number of aromatic amines is 1. The number of halogens is 1. The molecule has 1 heterocycles. The lowest BCUT2D eigenvalue weighted by atomic mass is 10.2. The highest BCUT2D eigenvalue weighted by molar-refractivity contribution is 5.79. The molecular weight excluding hydrogens is 275 g/mol. The minimum Gasteiger partial charge on any atom is -0.497 e. The molecule has 0 amide bonds. The van der Waals surface area contributed by atoms with Crippen molar-refractivity contribution in [1.82, 2.24) is 9.55 Å². The van der Waals surface area contributed by atoms with Gasteiger partial charge in [0.1, 0.15) is 11.6 Å². The number of H-pyrrole nitrogens is 1. The summed E-state index contributed by atoms with van der Waals surface area (Å²) in [6.45, 7) is 0. The SMILES string of the molecule is COc1ccc2c(=O)n(-c3ccc(F)cc3)c(=O)[nH]c2c1. The van der Waals surface area contributed by atoms with E-state index >= 15 is 0 Å². The van der Waals surface area contributed by atoms with Gasteiger partial charge < -0.3 is 9.72 Å². The maximum absolute atomic E-state index is 13.0. The number of rotatable bonds is 2. The van der Waals surface area contributed by atoms with Gasteiger partial charge in [-0.05, 0) is 36.4 Å². The summed E-state index contributed by atoms with van der Waals surface area (Å²) in [6, 6.07) is 9.93. The molecule has 0 radical (unpaired) electrons. The first kappa shape index (κ1) is 13.1. The molecule has 106 valence electrons. The van der Waals surface area contributed by atoms with Crippen LogP contribution in [0, 0.1) is 5.82 Å². The van der Waals surface area contributed by atoms with Crippen LogP contribution in [-0.2, 0) is 0 Å². The number of fused-ring (bicyclic) bond motifs is 1. The Bertz CT molecular complexity index is 926. The summed E-state index contributed by atoms with van der Waals surface area (Å²) in [5, 5.41) is 0.347. The molecule has 0 bridgehead atoms. The number of methoxy groups -OCH3 is 1. The molecule has 0 aliphatic heterocycles. The Morgan fingerprint density at radius 1 is 1.10 bits per heavy atom. The molecule has 6 heteroatoms. The summed E-state index contributed by atoms with van der Waals surface area (Å²) in [6.07, 6.45) is 0. The van der Waals surface area contributed by atoms with Gasteiger partial charge in [0.25, 0.3) is 5.56 Å². The highest BCUT2D eigenvalue weighted by Crippen LogP contribution is 2.15. The zero-order chi connectivity index (χ0) is 15.0. The van der Waals surface area contributed by atoms with Crippen LogP contribution < -0.4 is 16.0 Å². The Morgan fingerprint density at radius 3 is 2.48 bits per heavy atom. The van der Waals surface area contributed by atoms with Gasteiger partial charge in [0, 0.05) is 6.07 Å². The Hall–Kier alpha value is -2.89. The predicted octanol–water partition coefficient (Wildman–Crippen LogP) is 1.83. The number of nitrogens with one attached hydrogen (secondary N) is 1. The van der Waals surface area contributed by atoms with E-state index in [4.69, 9.17) is 4.74 Å². The van der Waals surface area contributed by atoms with Gasteiger partial charge in [0.2, 0.25) is 0 Å². The molecule has 0 saturated carbocycles. The van der Waals surface area contributed by atoms with Crippen molar-refractivity contribution in [1.29, 1.82) is 0 Å². The van der Waals surface area contributed by atoms with Gasteiger partial charge in [-0.2, -0.15) is 0 Å². The number of hydrogen-bond donors (Lipinski definition) is 1. The molecule has 2 aromatic carbocycles. The largest absolute Gasteiger partial charge is 0.497 e. The van der Waals surface area contributed by atoms with Gasteiger partial charge in [-0.25, -0.2) is 13.8 Å². The molecule has 5 nitrogen and oxygen atoms in total. The fraction of sp³-hybridized carbons (Fsp3) is 0.0667. The maximum atomic E-state index is 13.0. The summed E-state index contributed by atoms with van der Waals surface area (Å²) in [4.78, 5) is 27.2. The van der Waals surface area contributed by atoms with Crippen LogP contribution in [0.25, 0.3) is 16.6 Å². The van der Waals surface area contributed by atoms with Crippen LogP contribution in [0.4, 0.5) is 4.39 Å².